The summed E-state index contributed by atoms with van der Waals surface area (Å²) in [7, 11) is 0. The van der Waals surface area contributed by atoms with Gasteiger partial charge in [0.15, 0.2) is 11.5 Å². The lowest BCUT2D eigenvalue weighted by atomic mass is 9.78. The number of aliphatic hydroxyl groups excluding tert-OH is 1. The van der Waals surface area contributed by atoms with Crippen LogP contribution in [0.15, 0.2) is 18.2 Å². The van der Waals surface area contributed by atoms with Gasteiger partial charge in [0.05, 0.1) is 12.2 Å². The van der Waals surface area contributed by atoms with E-state index in [1.54, 1.807) is 0 Å². The van der Waals surface area contributed by atoms with E-state index in [1.165, 1.54) is 0 Å². The molecule has 4 nitrogen and oxygen atoms in total. The molecule has 0 saturated heterocycles. The molecule has 2 aliphatic rings. The molecule has 1 saturated carbocycles. The smallest absolute Gasteiger partial charge is 0.161 e. The number of ether oxygens (including phenoxy) is 3. The number of fused-ring (bicyclic) bond motifs is 1. The first-order valence-corrected chi connectivity index (χ1v) is 8.45. The van der Waals surface area contributed by atoms with Crippen LogP contribution in [0.3, 0.4) is 0 Å². The van der Waals surface area contributed by atoms with Crippen LogP contribution in [0.5, 0.6) is 11.5 Å². The van der Waals surface area contributed by atoms with Crippen LogP contribution in [0, 0.1) is 5.92 Å². The van der Waals surface area contributed by atoms with Crippen molar-refractivity contribution in [3.63, 3.8) is 0 Å². The molecular formula is C18H26O4. The molecule has 0 amide bonds. The van der Waals surface area contributed by atoms with E-state index < -0.39 is 6.10 Å². The first-order valence-electron chi connectivity index (χ1n) is 8.45. The Hall–Kier alpha value is -1.26. The quantitative estimate of drug-likeness (QED) is 0.838. The second-order valence-electron chi connectivity index (χ2n) is 6.33. The van der Waals surface area contributed by atoms with Gasteiger partial charge in [-0.1, -0.05) is 13.0 Å². The lowest BCUT2D eigenvalue weighted by Crippen LogP contribution is -2.31. The molecule has 1 aromatic carbocycles. The van der Waals surface area contributed by atoms with Crippen LogP contribution in [0.1, 0.15) is 50.7 Å². The van der Waals surface area contributed by atoms with Gasteiger partial charge in [-0.2, -0.15) is 0 Å². The predicted octanol–water partition coefficient (Wildman–Crippen LogP) is 3.48. The van der Waals surface area contributed by atoms with Crippen LogP contribution in [0.4, 0.5) is 0 Å². The van der Waals surface area contributed by atoms with Crippen molar-refractivity contribution in [2.24, 2.45) is 5.92 Å². The van der Waals surface area contributed by atoms with Crippen molar-refractivity contribution in [1.82, 2.24) is 0 Å². The maximum absolute atomic E-state index is 10.4. The molecule has 1 aliphatic carbocycles. The fourth-order valence-corrected chi connectivity index (χ4v) is 3.16. The molecule has 1 fully saturated rings. The lowest BCUT2D eigenvalue weighted by molar-refractivity contribution is -0.0352. The molecule has 1 N–H and O–H groups in total. The number of benzene rings is 1. The molecular weight excluding hydrogens is 280 g/mol. The Balaban J connectivity index is 1.44. The van der Waals surface area contributed by atoms with E-state index >= 15 is 0 Å². The van der Waals surface area contributed by atoms with E-state index in [-0.39, 0.29) is 0 Å². The van der Waals surface area contributed by atoms with Crippen molar-refractivity contribution in [2.45, 2.75) is 51.2 Å². The summed E-state index contributed by atoms with van der Waals surface area (Å²) in [6, 6.07) is 5.74. The van der Waals surface area contributed by atoms with Crippen molar-refractivity contribution in [3.05, 3.63) is 23.8 Å². The molecule has 3 rings (SSSR count). The molecule has 0 unspecified atom stereocenters. The van der Waals surface area contributed by atoms with Gasteiger partial charge < -0.3 is 19.3 Å². The zero-order valence-corrected chi connectivity index (χ0v) is 13.3. The summed E-state index contributed by atoms with van der Waals surface area (Å²) in [5.74, 6) is 2.23. The van der Waals surface area contributed by atoms with Gasteiger partial charge in [-0.25, -0.2) is 0 Å². The second kappa shape index (κ2) is 7.34. The molecule has 1 heterocycles. The first kappa shape index (κ1) is 15.6. The molecule has 1 aliphatic heterocycles. The van der Waals surface area contributed by atoms with Crippen molar-refractivity contribution in [3.8, 4) is 11.5 Å². The minimum atomic E-state index is -0.425. The highest BCUT2D eigenvalue weighted by atomic mass is 16.6. The van der Waals surface area contributed by atoms with E-state index in [2.05, 4.69) is 6.92 Å². The summed E-state index contributed by atoms with van der Waals surface area (Å²) in [4.78, 5) is 0. The van der Waals surface area contributed by atoms with Gasteiger partial charge in [-0.3, -0.25) is 0 Å². The Labute approximate surface area is 132 Å². The molecule has 0 bridgehead atoms. The third kappa shape index (κ3) is 3.73. The highest BCUT2D eigenvalue weighted by Gasteiger charge is 2.29. The van der Waals surface area contributed by atoms with Crippen LogP contribution < -0.4 is 9.47 Å². The van der Waals surface area contributed by atoms with Gasteiger partial charge in [0.2, 0.25) is 0 Å². The van der Waals surface area contributed by atoms with Crippen molar-refractivity contribution in [1.29, 1.82) is 0 Å². The van der Waals surface area contributed by atoms with Crippen LogP contribution >= 0.6 is 0 Å². The van der Waals surface area contributed by atoms with Gasteiger partial charge >= 0.3 is 0 Å². The predicted molar refractivity (Wildman–Crippen MR) is 84.4 cm³/mol. The van der Waals surface area contributed by atoms with Crippen LogP contribution in [0.25, 0.3) is 0 Å². The second-order valence-corrected chi connectivity index (χ2v) is 6.33. The zero-order chi connectivity index (χ0) is 15.4. The van der Waals surface area contributed by atoms with Gasteiger partial charge in [0, 0.05) is 6.61 Å². The fraction of sp³-hybridized carbons (Fsp3) is 0.667. The molecule has 1 aromatic rings. The summed E-state index contributed by atoms with van der Waals surface area (Å²) in [6.45, 7) is 4.18. The number of hydrogen-bond acceptors (Lipinski definition) is 4. The lowest BCUT2D eigenvalue weighted by Gasteiger charge is -2.35. The molecule has 22 heavy (non-hydrogen) atoms. The minimum Gasteiger partial charge on any atom is -0.486 e. The molecule has 0 spiro atoms. The third-order valence-electron chi connectivity index (χ3n) is 4.55. The summed E-state index contributed by atoms with van der Waals surface area (Å²) < 4.78 is 16.8. The fourth-order valence-electron chi connectivity index (χ4n) is 3.16. The van der Waals surface area contributed by atoms with E-state index in [0.29, 0.717) is 25.2 Å². The van der Waals surface area contributed by atoms with Crippen LogP contribution in [0.2, 0.25) is 0 Å². The average molecular weight is 306 g/mol. The summed E-state index contributed by atoms with van der Waals surface area (Å²) in [6.07, 6.45) is 5.26. The summed E-state index contributed by atoms with van der Waals surface area (Å²) in [5, 5.41) is 10.4. The molecule has 0 aromatic heterocycles. The Morgan fingerprint density at radius 2 is 2.00 bits per heavy atom. The van der Waals surface area contributed by atoms with E-state index in [9.17, 15) is 5.11 Å². The minimum absolute atomic E-state index is 0.425. The maximum atomic E-state index is 10.4. The van der Waals surface area contributed by atoms with Gasteiger partial charge in [0.1, 0.15) is 13.2 Å². The van der Waals surface area contributed by atoms with E-state index in [1.807, 2.05) is 18.2 Å². The highest BCUT2D eigenvalue weighted by molar-refractivity contribution is 5.44. The molecule has 0 radical (unpaired) electrons. The first-order chi connectivity index (χ1) is 10.8. The van der Waals surface area contributed by atoms with Gasteiger partial charge in [-0.15, -0.1) is 0 Å². The normalized spacial score (nSPS) is 24.6. The van der Waals surface area contributed by atoms with Gasteiger partial charge in [-0.05, 0) is 55.7 Å². The Morgan fingerprint density at radius 3 is 2.77 bits per heavy atom. The van der Waals surface area contributed by atoms with Crippen molar-refractivity contribution in [2.75, 3.05) is 19.8 Å². The number of aliphatic hydroxyl groups is 1. The Bertz CT molecular complexity index is 482. The monoisotopic (exact) mass is 306 g/mol. The van der Waals surface area contributed by atoms with Crippen LogP contribution in [-0.2, 0) is 4.74 Å². The summed E-state index contributed by atoms with van der Waals surface area (Å²) >= 11 is 0. The van der Waals surface area contributed by atoms with Crippen LogP contribution in [-0.4, -0.2) is 31.0 Å². The maximum Gasteiger partial charge on any atom is 0.161 e. The Morgan fingerprint density at radius 1 is 1.23 bits per heavy atom. The number of rotatable bonds is 7. The van der Waals surface area contributed by atoms with Gasteiger partial charge in [0.25, 0.3) is 0 Å². The Kier molecular flexibility index (Phi) is 5.21. The van der Waals surface area contributed by atoms with Crippen molar-refractivity contribution >= 4 is 0 Å². The van der Waals surface area contributed by atoms with E-state index in [0.717, 1.165) is 55.8 Å². The molecule has 122 valence electrons. The number of hydrogen-bond donors (Lipinski definition) is 1. The zero-order valence-electron chi connectivity index (χ0n) is 13.3. The topological polar surface area (TPSA) is 47.9 Å². The standard InChI is InChI=1S/C18H26O4/c1-2-7-20-15-10-13(11-15)3-5-16(19)14-4-6-17-18(12-14)22-9-8-21-17/h4,6,12-13,15-16,19H,2-3,5,7-11H2,1H3/t13?,15?,16-/m1/s1. The third-order valence-corrected chi connectivity index (χ3v) is 4.55. The van der Waals surface area contributed by atoms with Crippen molar-refractivity contribution < 1.29 is 19.3 Å². The molecule has 4 heteroatoms. The average Bonchev–Trinajstić information content (AvgIpc) is 2.52. The summed E-state index contributed by atoms with van der Waals surface area (Å²) in [5.41, 5.74) is 0.919. The SMILES string of the molecule is CCCOC1CC(CC[C@@H](O)c2ccc3c(c2)OCCO3)C1. The molecule has 1 atom stereocenters. The largest absolute Gasteiger partial charge is 0.486 e. The van der Waals surface area contributed by atoms with E-state index in [4.69, 9.17) is 14.2 Å². The highest BCUT2D eigenvalue weighted by Crippen LogP contribution is 2.37.